The fraction of sp³-hybridized carbons (Fsp3) is 0.318. The molecule has 0 saturated heterocycles. The van der Waals surface area contributed by atoms with E-state index in [0.717, 1.165) is 70.1 Å². The quantitative estimate of drug-likeness (QED) is 0.109. The predicted molar refractivity (Wildman–Crippen MR) is 235 cm³/mol. The van der Waals surface area contributed by atoms with E-state index in [4.69, 9.17) is 21.6 Å². The zero-order valence-electron chi connectivity index (χ0n) is 34.7. The molecule has 63 heavy (non-hydrogen) atoms. The number of aryl methyl sites for hydroxylation is 3. The summed E-state index contributed by atoms with van der Waals surface area (Å²) in [4.78, 5) is 47.1. The number of thiophene rings is 1. The number of aliphatic imine (C=N–C) groups is 1. The summed E-state index contributed by atoms with van der Waals surface area (Å²) in [5.74, 6) is 0.694. The smallest absolute Gasteiger partial charge is 0.354 e. The number of carbonyl (C=O) groups is 2. The average molecular weight is 895 g/mol. The molecular formula is C44H42ClF3N12O2S. The number of imidazole rings is 1. The first-order chi connectivity index (χ1) is 30.2. The maximum absolute atomic E-state index is 14.0. The monoisotopic (exact) mass is 894 g/mol. The van der Waals surface area contributed by atoms with E-state index in [9.17, 15) is 22.8 Å². The summed E-state index contributed by atoms with van der Waals surface area (Å²) in [5.41, 5.74) is 4.74. The van der Waals surface area contributed by atoms with Crippen molar-refractivity contribution in [3.8, 4) is 10.7 Å². The zero-order valence-corrected chi connectivity index (χ0v) is 36.3. The van der Waals surface area contributed by atoms with Crippen molar-refractivity contribution in [2.45, 2.75) is 78.1 Å². The number of nitrogens with one attached hydrogen (secondary N) is 3. The van der Waals surface area contributed by atoms with E-state index in [0.29, 0.717) is 39.1 Å². The molecule has 0 radical (unpaired) electrons. The van der Waals surface area contributed by atoms with Crippen molar-refractivity contribution in [2.24, 2.45) is 4.99 Å². The van der Waals surface area contributed by atoms with Crippen LogP contribution in [0, 0.1) is 27.7 Å². The standard InChI is InChI=1S/C44H42ClF3N12O2S/c1-23-21-58(22-52-23)33-17-29(44(46,47)48)16-31(18-33)53-43-51-20-28-15-35(60(39(28)55-43)32-7-5-6-8-32)41(62)50-14-13-49-36(61)19-34-40-57-56-26(4)59(40)42-37(24(2)25(3)63-42)38(54-34)27-9-11-30(45)12-10-27/h9-12,15-18,20-22,32,34H,5-8,13-14,19H2,1-4H3,(H,49,61)(H,50,62)(H,51,53,55)/t34-/m0/s1. The van der Waals surface area contributed by atoms with Crippen molar-refractivity contribution in [3.63, 3.8) is 0 Å². The molecule has 0 spiro atoms. The van der Waals surface area contributed by atoms with Gasteiger partial charge in [-0.25, -0.2) is 9.97 Å². The second-order valence-corrected chi connectivity index (χ2v) is 17.5. The molecule has 2 aliphatic rings. The normalized spacial score (nSPS) is 15.2. The Labute approximate surface area is 368 Å². The highest BCUT2D eigenvalue weighted by molar-refractivity contribution is 7.15. The first kappa shape index (κ1) is 41.9. The molecule has 1 saturated carbocycles. The van der Waals surface area contributed by atoms with Crippen LogP contribution < -0.4 is 16.0 Å². The van der Waals surface area contributed by atoms with Crippen molar-refractivity contribution >= 4 is 63.1 Å². The number of rotatable bonds is 11. The maximum atomic E-state index is 14.0. The second kappa shape index (κ2) is 16.7. The highest BCUT2D eigenvalue weighted by Gasteiger charge is 2.34. The highest BCUT2D eigenvalue weighted by Crippen LogP contribution is 2.40. The van der Waals surface area contributed by atoms with E-state index in [1.54, 1.807) is 42.8 Å². The number of halogens is 4. The molecule has 2 aromatic carbocycles. The lowest BCUT2D eigenvalue weighted by atomic mass is 9.99. The lowest BCUT2D eigenvalue weighted by Gasteiger charge is -2.17. The number of anilines is 2. The van der Waals surface area contributed by atoms with E-state index in [-0.39, 0.29) is 54.7 Å². The number of carbonyl (C=O) groups excluding carboxylic acids is 2. The average Bonchev–Trinajstić information content (AvgIpc) is 4.10. The van der Waals surface area contributed by atoms with Crippen molar-refractivity contribution in [3.05, 3.63) is 122 Å². The zero-order chi connectivity index (χ0) is 44.2. The molecule has 1 aliphatic heterocycles. The number of alkyl halides is 3. The third-order valence-electron chi connectivity index (χ3n) is 11.5. The van der Waals surface area contributed by atoms with Gasteiger partial charge in [-0.15, -0.1) is 21.5 Å². The van der Waals surface area contributed by atoms with Gasteiger partial charge in [-0.3, -0.25) is 19.1 Å². The number of nitrogens with zero attached hydrogens (tertiary/aromatic N) is 9. The fourth-order valence-corrected chi connectivity index (χ4v) is 9.65. The number of fused-ring (bicyclic) bond motifs is 4. The van der Waals surface area contributed by atoms with E-state index >= 15 is 0 Å². The van der Waals surface area contributed by atoms with Gasteiger partial charge in [-0.1, -0.05) is 36.6 Å². The molecule has 2 amide bonds. The SMILES string of the molecule is Cc1cn(-c2cc(Nc3ncc4cc(C(=O)NCCNC(=O)C[C@@H]5N=C(c6ccc(Cl)cc6)c6c(sc(C)c6C)-n6c(C)nnc65)n(C5CCCC5)c4n3)cc(C(F)(F)F)c2)cn1. The number of aromatic nitrogens is 8. The Bertz CT molecular complexity index is 2930. The van der Waals surface area contributed by atoms with E-state index in [2.05, 4.69) is 50.0 Å². The first-order valence-corrected chi connectivity index (χ1v) is 21.7. The minimum Gasteiger partial charge on any atom is -0.354 e. The van der Waals surface area contributed by atoms with Gasteiger partial charge in [0, 0.05) is 69.3 Å². The predicted octanol–water partition coefficient (Wildman–Crippen LogP) is 8.85. The van der Waals surface area contributed by atoms with Crippen LogP contribution in [0.1, 0.15) is 99.1 Å². The number of benzene rings is 2. The molecule has 1 aliphatic carbocycles. The van der Waals surface area contributed by atoms with E-state index in [1.807, 2.05) is 40.3 Å². The van der Waals surface area contributed by atoms with Crippen LogP contribution in [0.25, 0.3) is 21.7 Å². The summed E-state index contributed by atoms with van der Waals surface area (Å²) in [6.45, 7) is 8.06. The van der Waals surface area contributed by atoms with Crippen molar-refractivity contribution in [1.82, 2.24) is 49.5 Å². The third-order valence-corrected chi connectivity index (χ3v) is 12.9. The molecule has 14 nitrogen and oxygen atoms in total. The van der Waals surface area contributed by atoms with Crippen LogP contribution in [0.5, 0.6) is 0 Å². The molecule has 7 aromatic rings. The van der Waals surface area contributed by atoms with Gasteiger partial charge in [-0.2, -0.15) is 18.2 Å². The van der Waals surface area contributed by atoms with E-state index in [1.165, 1.54) is 10.9 Å². The summed E-state index contributed by atoms with van der Waals surface area (Å²) >= 11 is 7.88. The molecule has 1 fully saturated rings. The molecule has 324 valence electrons. The molecule has 0 unspecified atom stereocenters. The molecular weight excluding hydrogens is 853 g/mol. The second-order valence-electron chi connectivity index (χ2n) is 15.8. The summed E-state index contributed by atoms with van der Waals surface area (Å²) < 4.78 is 47.4. The molecule has 0 bridgehead atoms. The molecule has 6 heterocycles. The van der Waals surface area contributed by atoms with Crippen LogP contribution in [0.3, 0.4) is 0 Å². The minimum absolute atomic E-state index is 0.00780. The van der Waals surface area contributed by atoms with Crippen LogP contribution in [0.4, 0.5) is 24.8 Å². The Balaban J connectivity index is 0.915. The van der Waals surface area contributed by atoms with Gasteiger partial charge in [0.2, 0.25) is 11.9 Å². The summed E-state index contributed by atoms with van der Waals surface area (Å²) in [6.07, 6.45) is 3.65. The van der Waals surface area contributed by atoms with Crippen molar-refractivity contribution in [2.75, 3.05) is 18.4 Å². The molecule has 9 rings (SSSR count). The van der Waals surface area contributed by atoms with Crippen molar-refractivity contribution < 1.29 is 22.8 Å². The molecule has 3 N–H and O–H groups in total. The first-order valence-electron chi connectivity index (χ1n) is 20.5. The fourth-order valence-electron chi connectivity index (χ4n) is 8.31. The van der Waals surface area contributed by atoms with Gasteiger partial charge >= 0.3 is 6.18 Å². The highest BCUT2D eigenvalue weighted by atomic mass is 35.5. The Hall–Kier alpha value is -6.40. The van der Waals surface area contributed by atoms with Gasteiger partial charge in [-0.05, 0) is 82.5 Å². The Morgan fingerprint density at radius 3 is 2.44 bits per heavy atom. The largest absolute Gasteiger partial charge is 0.416 e. The molecule has 5 aromatic heterocycles. The summed E-state index contributed by atoms with van der Waals surface area (Å²) in [6, 6.07) is 12.2. The van der Waals surface area contributed by atoms with E-state index < -0.39 is 17.8 Å². The van der Waals surface area contributed by atoms with Crippen LogP contribution in [-0.2, 0) is 11.0 Å². The van der Waals surface area contributed by atoms with Crippen LogP contribution in [-0.4, -0.2) is 69.5 Å². The van der Waals surface area contributed by atoms with Gasteiger partial charge in [0.1, 0.15) is 28.2 Å². The van der Waals surface area contributed by atoms with Crippen LogP contribution >= 0.6 is 22.9 Å². The molecule has 19 heteroatoms. The lowest BCUT2D eigenvalue weighted by Crippen LogP contribution is -2.36. The van der Waals surface area contributed by atoms with Gasteiger partial charge in [0.15, 0.2) is 5.82 Å². The number of hydrogen-bond acceptors (Lipinski definition) is 10. The Morgan fingerprint density at radius 2 is 1.71 bits per heavy atom. The third kappa shape index (κ3) is 8.32. The van der Waals surface area contributed by atoms with Gasteiger partial charge in [0.05, 0.1) is 29.7 Å². The Morgan fingerprint density at radius 1 is 0.952 bits per heavy atom. The topological polar surface area (TPSA) is 162 Å². The lowest BCUT2D eigenvalue weighted by molar-refractivity contribution is -0.137. The van der Waals surface area contributed by atoms with Gasteiger partial charge < -0.3 is 25.1 Å². The van der Waals surface area contributed by atoms with Gasteiger partial charge in [0.25, 0.3) is 5.91 Å². The molecule has 1 atom stereocenters. The summed E-state index contributed by atoms with van der Waals surface area (Å²) in [7, 11) is 0. The Kier molecular flexibility index (Phi) is 11.1. The number of amides is 2. The van der Waals surface area contributed by atoms with Crippen molar-refractivity contribution in [1.29, 1.82) is 0 Å². The summed E-state index contributed by atoms with van der Waals surface area (Å²) in [5, 5.41) is 19.9. The minimum atomic E-state index is -4.60. The maximum Gasteiger partial charge on any atom is 0.416 e. The number of hydrogen-bond donors (Lipinski definition) is 3. The van der Waals surface area contributed by atoms with Crippen LogP contribution in [0.15, 0.2) is 72.2 Å². The van der Waals surface area contributed by atoms with Crippen LogP contribution in [0.2, 0.25) is 5.02 Å².